The number of aryl methyl sites for hydroxylation is 1. The quantitative estimate of drug-likeness (QED) is 0.615. The maximum absolute atomic E-state index is 13.5. The number of hydrogen-bond donors (Lipinski definition) is 0. The molecule has 9 heteroatoms. The Kier molecular flexibility index (Phi) is 7.42. The third-order valence-electron chi connectivity index (χ3n) is 6.75. The van der Waals surface area contributed by atoms with E-state index in [-0.39, 0.29) is 22.5 Å². The lowest BCUT2D eigenvalue weighted by atomic mass is 9.93. The maximum atomic E-state index is 13.5. The average Bonchev–Trinajstić information content (AvgIpc) is 3.23. The van der Waals surface area contributed by atoms with Crippen molar-refractivity contribution in [3.8, 4) is 5.75 Å². The summed E-state index contributed by atoms with van der Waals surface area (Å²) in [7, 11) is -2.19. The van der Waals surface area contributed by atoms with Crippen LogP contribution < -0.4 is 4.74 Å². The second-order valence-electron chi connectivity index (χ2n) is 9.28. The number of carbonyl (C=O) groups is 1. The number of carbonyl (C=O) groups excluding carboxylic acids is 1. The van der Waals surface area contributed by atoms with Gasteiger partial charge in [-0.25, -0.2) is 8.42 Å². The van der Waals surface area contributed by atoms with Crippen LogP contribution in [0.3, 0.4) is 0 Å². The van der Waals surface area contributed by atoms with Gasteiger partial charge in [0.15, 0.2) is 10.7 Å². The zero-order chi connectivity index (χ0) is 24.3. The molecule has 0 aliphatic carbocycles. The molecule has 1 aromatic carbocycles. The first-order valence-electron chi connectivity index (χ1n) is 11.9. The monoisotopic (exact) mass is 487 g/mol. The van der Waals surface area contributed by atoms with Gasteiger partial charge in [-0.05, 0) is 62.3 Å². The first kappa shape index (κ1) is 24.5. The summed E-state index contributed by atoms with van der Waals surface area (Å²) >= 11 is 0. The number of hydrogen-bond acceptors (Lipinski definition) is 6. The standard InChI is InChI=1S/C25H33N3O5S/c1-18-5-4-14-27(17-18)25(29)21-12-15-28(16-13-21)34(30,31)24-19(2)26-33-23(24)11-8-20-6-9-22(32-3)10-7-20/h6-11,18,21H,4-5,12-17H2,1-3H3. The van der Waals surface area contributed by atoms with Gasteiger partial charge in [0.2, 0.25) is 15.9 Å². The summed E-state index contributed by atoms with van der Waals surface area (Å²) < 4.78 is 39.0. The van der Waals surface area contributed by atoms with Crippen LogP contribution >= 0.6 is 0 Å². The van der Waals surface area contributed by atoms with E-state index in [9.17, 15) is 13.2 Å². The third-order valence-corrected chi connectivity index (χ3v) is 8.80. The maximum Gasteiger partial charge on any atom is 0.248 e. The average molecular weight is 488 g/mol. The van der Waals surface area contributed by atoms with E-state index < -0.39 is 10.0 Å². The Labute approximate surface area is 201 Å². The lowest BCUT2D eigenvalue weighted by molar-refractivity contribution is -0.138. The molecular weight excluding hydrogens is 454 g/mol. The summed E-state index contributed by atoms with van der Waals surface area (Å²) in [6.07, 6.45) is 6.67. The van der Waals surface area contributed by atoms with E-state index >= 15 is 0 Å². The molecule has 184 valence electrons. The van der Waals surface area contributed by atoms with Crippen LogP contribution in [0.25, 0.3) is 12.2 Å². The van der Waals surface area contributed by atoms with Crippen LogP contribution in [0.2, 0.25) is 0 Å². The van der Waals surface area contributed by atoms with Gasteiger partial charge in [-0.3, -0.25) is 4.79 Å². The number of rotatable bonds is 6. The summed E-state index contributed by atoms with van der Waals surface area (Å²) in [5.74, 6) is 1.53. The predicted molar refractivity (Wildman–Crippen MR) is 130 cm³/mol. The first-order valence-corrected chi connectivity index (χ1v) is 13.3. The zero-order valence-corrected chi connectivity index (χ0v) is 20.9. The third kappa shape index (κ3) is 5.20. The zero-order valence-electron chi connectivity index (χ0n) is 20.1. The molecule has 0 saturated carbocycles. The second kappa shape index (κ2) is 10.3. The lowest BCUT2D eigenvalue weighted by Gasteiger charge is -2.36. The molecule has 1 aromatic heterocycles. The van der Waals surface area contributed by atoms with E-state index in [1.54, 1.807) is 26.2 Å². The van der Waals surface area contributed by atoms with Gasteiger partial charge in [0, 0.05) is 32.1 Å². The molecule has 0 radical (unpaired) electrons. The number of nitrogens with zero attached hydrogens (tertiary/aromatic N) is 3. The highest BCUT2D eigenvalue weighted by molar-refractivity contribution is 7.89. The van der Waals surface area contributed by atoms with Crippen LogP contribution in [-0.4, -0.2) is 62.0 Å². The van der Waals surface area contributed by atoms with Crippen molar-refractivity contribution >= 4 is 28.1 Å². The number of likely N-dealkylation sites (tertiary alicyclic amines) is 1. The number of amides is 1. The number of ether oxygens (including phenoxy) is 1. The minimum atomic E-state index is -3.80. The fourth-order valence-corrected chi connectivity index (χ4v) is 6.53. The topological polar surface area (TPSA) is 93.0 Å². The van der Waals surface area contributed by atoms with Gasteiger partial charge in [0.25, 0.3) is 0 Å². The highest BCUT2D eigenvalue weighted by Gasteiger charge is 2.37. The van der Waals surface area contributed by atoms with Gasteiger partial charge >= 0.3 is 0 Å². The summed E-state index contributed by atoms with van der Waals surface area (Å²) in [6.45, 7) is 6.06. The molecule has 1 unspecified atom stereocenters. The molecule has 3 heterocycles. The Morgan fingerprint density at radius 3 is 2.47 bits per heavy atom. The van der Waals surface area contributed by atoms with E-state index in [0.29, 0.717) is 37.5 Å². The highest BCUT2D eigenvalue weighted by atomic mass is 32.2. The Morgan fingerprint density at radius 1 is 1.12 bits per heavy atom. The van der Waals surface area contributed by atoms with Crippen LogP contribution in [0.5, 0.6) is 5.75 Å². The number of methoxy groups -OCH3 is 1. The molecule has 2 saturated heterocycles. The molecule has 2 aliphatic heterocycles. The molecule has 2 aromatic rings. The van der Waals surface area contributed by atoms with Gasteiger partial charge in [-0.2, -0.15) is 4.31 Å². The van der Waals surface area contributed by atoms with E-state index in [1.807, 2.05) is 29.2 Å². The van der Waals surface area contributed by atoms with E-state index in [4.69, 9.17) is 9.26 Å². The molecular formula is C25H33N3O5S. The predicted octanol–water partition coefficient (Wildman–Crippen LogP) is 3.82. The van der Waals surface area contributed by atoms with Gasteiger partial charge < -0.3 is 14.2 Å². The molecule has 0 N–H and O–H groups in total. The number of benzene rings is 1. The molecule has 4 rings (SSSR count). The molecule has 2 fully saturated rings. The Balaban J connectivity index is 1.45. The van der Waals surface area contributed by atoms with Crippen molar-refractivity contribution in [2.24, 2.45) is 11.8 Å². The van der Waals surface area contributed by atoms with Crippen LogP contribution in [0.1, 0.15) is 49.6 Å². The number of piperidine rings is 2. The van der Waals surface area contributed by atoms with Gasteiger partial charge in [0.05, 0.1) is 7.11 Å². The Bertz CT molecular complexity index is 1130. The summed E-state index contributed by atoms with van der Waals surface area (Å²) in [6, 6.07) is 7.41. The second-order valence-corrected chi connectivity index (χ2v) is 11.2. The fraction of sp³-hybridized carbons (Fsp3) is 0.520. The summed E-state index contributed by atoms with van der Waals surface area (Å²) in [4.78, 5) is 15.0. The molecule has 1 atom stereocenters. The SMILES string of the molecule is COc1ccc(C=Cc2onc(C)c2S(=O)(=O)N2CCC(C(=O)N3CCCC(C)C3)CC2)cc1. The van der Waals surface area contributed by atoms with Crippen molar-refractivity contribution in [3.05, 3.63) is 41.3 Å². The van der Waals surface area contributed by atoms with E-state index in [0.717, 1.165) is 37.2 Å². The minimum Gasteiger partial charge on any atom is -0.497 e. The van der Waals surface area contributed by atoms with Crippen LogP contribution in [0.4, 0.5) is 0 Å². The fourth-order valence-electron chi connectivity index (χ4n) is 4.81. The van der Waals surface area contributed by atoms with Gasteiger partial charge in [-0.1, -0.05) is 30.3 Å². The van der Waals surface area contributed by atoms with Gasteiger partial charge in [-0.15, -0.1) is 0 Å². The summed E-state index contributed by atoms with van der Waals surface area (Å²) in [5.41, 5.74) is 1.21. The Morgan fingerprint density at radius 2 is 1.82 bits per heavy atom. The minimum absolute atomic E-state index is 0.0897. The molecule has 34 heavy (non-hydrogen) atoms. The molecule has 0 spiro atoms. The molecule has 8 nitrogen and oxygen atoms in total. The van der Waals surface area contributed by atoms with Crippen molar-refractivity contribution < 1.29 is 22.5 Å². The summed E-state index contributed by atoms with van der Waals surface area (Å²) in [5, 5.41) is 3.92. The Hall–Kier alpha value is -2.65. The smallest absolute Gasteiger partial charge is 0.248 e. The van der Waals surface area contributed by atoms with Crippen molar-refractivity contribution in [1.29, 1.82) is 0 Å². The largest absolute Gasteiger partial charge is 0.497 e. The van der Waals surface area contributed by atoms with Crippen LogP contribution in [0, 0.1) is 18.8 Å². The van der Waals surface area contributed by atoms with Crippen molar-refractivity contribution in [2.45, 2.75) is 44.4 Å². The van der Waals surface area contributed by atoms with Crippen molar-refractivity contribution in [2.75, 3.05) is 33.3 Å². The van der Waals surface area contributed by atoms with Gasteiger partial charge in [0.1, 0.15) is 11.4 Å². The van der Waals surface area contributed by atoms with Crippen LogP contribution in [-0.2, 0) is 14.8 Å². The normalized spacial score (nSPS) is 20.7. The first-order chi connectivity index (χ1) is 16.3. The van der Waals surface area contributed by atoms with Crippen LogP contribution in [0.15, 0.2) is 33.7 Å². The molecule has 0 bridgehead atoms. The molecule has 2 aliphatic rings. The van der Waals surface area contributed by atoms with Crippen molar-refractivity contribution in [3.63, 3.8) is 0 Å². The van der Waals surface area contributed by atoms with E-state index in [1.165, 1.54) is 4.31 Å². The number of sulfonamides is 1. The van der Waals surface area contributed by atoms with Crippen molar-refractivity contribution in [1.82, 2.24) is 14.4 Å². The highest BCUT2D eigenvalue weighted by Crippen LogP contribution is 2.30. The number of aromatic nitrogens is 1. The lowest BCUT2D eigenvalue weighted by Crippen LogP contribution is -2.47. The molecule has 1 amide bonds. The van der Waals surface area contributed by atoms with E-state index in [2.05, 4.69) is 12.1 Å².